The van der Waals surface area contributed by atoms with Gasteiger partial charge in [-0.2, -0.15) is 0 Å². The van der Waals surface area contributed by atoms with Gasteiger partial charge in [0.1, 0.15) is 0 Å². The number of likely N-dealkylation sites (N-methyl/N-ethyl adjacent to an activating group) is 1. The third kappa shape index (κ3) is 3.98. The molecule has 0 saturated carbocycles. The summed E-state index contributed by atoms with van der Waals surface area (Å²) in [7, 11) is 4.80. The molecule has 0 spiro atoms. The molecule has 18 heavy (non-hydrogen) atoms. The second-order valence-electron chi connectivity index (χ2n) is 3.92. The maximum atomic E-state index is 12.1. The van der Waals surface area contributed by atoms with Gasteiger partial charge in [-0.3, -0.25) is 4.79 Å². The number of carbonyl (C=O) groups excluding carboxylic acids is 1. The van der Waals surface area contributed by atoms with Gasteiger partial charge in [0, 0.05) is 32.7 Å². The van der Waals surface area contributed by atoms with Crippen LogP contribution in [0.2, 0.25) is 0 Å². The van der Waals surface area contributed by atoms with E-state index >= 15 is 0 Å². The third-order valence-corrected chi connectivity index (χ3v) is 2.96. The molecule has 5 heteroatoms. The first-order valence-electron chi connectivity index (χ1n) is 5.58. The molecule has 0 unspecified atom stereocenters. The lowest BCUT2D eigenvalue weighted by molar-refractivity contribution is -0.110. The van der Waals surface area contributed by atoms with Gasteiger partial charge in [-0.25, -0.2) is 0 Å². The number of ether oxygens (including phenoxy) is 2. The molecule has 0 fully saturated rings. The van der Waals surface area contributed by atoms with Crippen molar-refractivity contribution in [2.24, 2.45) is 0 Å². The number of hydrogen-bond acceptors (Lipinski definition) is 3. The van der Waals surface area contributed by atoms with E-state index in [9.17, 15) is 4.79 Å². The lowest BCUT2D eigenvalue weighted by Gasteiger charge is -2.22. The summed E-state index contributed by atoms with van der Waals surface area (Å²) in [5.41, 5.74) is 1.61. The van der Waals surface area contributed by atoms with Gasteiger partial charge >= 0.3 is 0 Å². The van der Waals surface area contributed by atoms with E-state index in [0.29, 0.717) is 18.0 Å². The van der Waals surface area contributed by atoms with Crippen molar-refractivity contribution in [1.29, 1.82) is 0 Å². The topological polar surface area (TPSA) is 38.8 Å². The van der Waals surface area contributed by atoms with Crippen LogP contribution in [0.25, 0.3) is 0 Å². The van der Waals surface area contributed by atoms with Gasteiger partial charge in [-0.1, -0.05) is 12.1 Å². The van der Waals surface area contributed by atoms with Crippen molar-refractivity contribution in [2.45, 2.75) is 12.2 Å². The highest BCUT2D eigenvalue weighted by Crippen LogP contribution is 2.09. The Morgan fingerprint density at radius 2 is 1.83 bits per heavy atom. The number of halogens is 1. The Morgan fingerprint density at radius 3 is 2.28 bits per heavy atom. The minimum atomic E-state index is -0.416. The van der Waals surface area contributed by atoms with E-state index in [1.807, 2.05) is 12.1 Å². The van der Waals surface area contributed by atoms with Crippen LogP contribution in [0.1, 0.15) is 15.9 Å². The Morgan fingerprint density at radius 1 is 1.28 bits per heavy atom. The molecule has 1 amide bonds. The van der Waals surface area contributed by atoms with E-state index in [-0.39, 0.29) is 5.91 Å². The predicted octanol–water partition coefficient (Wildman–Crippen LogP) is 2.12. The zero-order valence-electron chi connectivity index (χ0n) is 10.9. The summed E-state index contributed by atoms with van der Waals surface area (Å²) in [6.07, 6.45) is -0.416. The third-order valence-electron chi connectivity index (χ3n) is 2.65. The van der Waals surface area contributed by atoms with E-state index < -0.39 is 6.29 Å². The molecule has 0 bridgehead atoms. The van der Waals surface area contributed by atoms with Gasteiger partial charge in [0.15, 0.2) is 6.29 Å². The first-order valence-corrected chi connectivity index (χ1v) is 6.11. The maximum absolute atomic E-state index is 12.1. The molecule has 0 aliphatic rings. The number of benzene rings is 1. The molecule has 0 heterocycles. The van der Waals surface area contributed by atoms with Crippen molar-refractivity contribution in [1.82, 2.24) is 4.90 Å². The van der Waals surface area contributed by atoms with E-state index in [1.54, 1.807) is 38.3 Å². The summed E-state index contributed by atoms with van der Waals surface area (Å²) in [6, 6.07) is 7.23. The summed E-state index contributed by atoms with van der Waals surface area (Å²) in [5.74, 6) is 0.370. The van der Waals surface area contributed by atoms with Crippen LogP contribution >= 0.6 is 11.6 Å². The van der Waals surface area contributed by atoms with Crippen LogP contribution in [0, 0.1) is 0 Å². The zero-order chi connectivity index (χ0) is 13.5. The molecule has 0 radical (unpaired) electrons. The molecule has 0 saturated heterocycles. The molecular weight excluding hydrogens is 254 g/mol. The van der Waals surface area contributed by atoms with Crippen molar-refractivity contribution in [3.63, 3.8) is 0 Å². The fraction of sp³-hybridized carbons (Fsp3) is 0.462. The predicted molar refractivity (Wildman–Crippen MR) is 70.8 cm³/mol. The van der Waals surface area contributed by atoms with Crippen LogP contribution in [-0.4, -0.2) is 44.9 Å². The standard InChI is InChI=1S/C13H18ClNO3/c1-15(9-12(17-2)18-3)13(16)11-6-4-10(8-14)5-7-11/h4-7,12H,8-9H2,1-3H3. The number of alkyl halides is 1. The van der Waals surface area contributed by atoms with Crippen molar-refractivity contribution >= 4 is 17.5 Å². The smallest absolute Gasteiger partial charge is 0.253 e. The summed E-state index contributed by atoms with van der Waals surface area (Å²) in [5, 5.41) is 0. The van der Waals surface area contributed by atoms with Crippen molar-refractivity contribution in [2.75, 3.05) is 27.8 Å². The fourth-order valence-electron chi connectivity index (χ4n) is 1.51. The minimum absolute atomic E-state index is 0.0739. The first kappa shape index (κ1) is 15.0. The average Bonchev–Trinajstić information content (AvgIpc) is 2.43. The van der Waals surface area contributed by atoms with E-state index in [1.165, 1.54) is 0 Å². The fourth-order valence-corrected chi connectivity index (χ4v) is 1.69. The molecular formula is C13H18ClNO3. The molecule has 1 rings (SSSR count). The van der Waals surface area contributed by atoms with Crippen LogP contribution in [0.15, 0.2) is 24.3 Å². The van der Waals surface area contributed by atoms with Gasteiger partial charge in [0.25, 0.3) is 5.91 Å². The summed E-state index contributed by atoms with van der Waals surface area (Å²) < 4.78 is 10.1. The molecule has 0 aliphatic carbocycles. The van der Waals surface area contributed by atoms with Gasteiger partial charge in [-0.15, -0.1) is 11.6 Å². The molecule has 0 aromatic heterocycles. The Balaban J connectivity index is 2.67. The van der Waals surface area contributed by atoms with Gasteiger partial charge in [-0.05, 0) is 17.7 Å². The number of rotatable bonds is 6. The van der Waals surface area contributed by atoms with E-state index in [4.69, 9.17) is 21.1 Å². The van der Waals surface area contributed by atoms with Crippen LogP contribution < -0.4 is 0 Å². The van der Waals surface area contributed by atoms with Gasteiger partial charge in [0.05, 0.1) is 6.54 Å². The van der Waals surface area contributed by atoms with E-state index in [0.717, 1.165) is 5.56 Å². The van der Waals surface area contributed by atoms with Crippen molar-refractivity contribution in [3.8, 4) is 0 Å². The van der Waals surface area contributed by atoms with Crippen molar-refractivity contribution in [3.05, 3.63) is 35.4 Å². The largest absolute Gasteiger partial charge is 0.354 e. The zero-order valence-corrected chi connectivity index (χ0v) is 11.6. The summed E-state index contributed by atoms with van der Waals surface area (Å²) in [4.78, 5) is 13.7. The number of methoxy groups -OCH3 is 2. The molecule has 4 nitrogen and oxygen atoms in total. The minimum Gasteiger partial charge on any atom is -0.354 e. The highest BCUT2D eigenvalue weighted by atomic mass is 35.5. The lowest BCUT2D eigenvalue weighted by atomic mass is 10.1. The second-order valence-corrected chi connectivity index (χ2v) is 4.18. The normalized spacial score (nSPS) is 10.7. The lowest BCUT2D eigenvalue weighted by Crippen LogP contribution is -2.36. The second kappa shape index (κ2) is 7.36. The Kier molecular flexibility index (Phi) is 6.12. The Bertz CT molecular complexity index is 376. The highest BCUT2D eigenvalue weighted by Gasteiger charge is 2.16. The van der Waals surface area contributed by atoms with Crippen LogP contribution in [-0.2, 0) is 15.4 Å². The van der Waals surface area contributed by atoms with Crippen molar-refractivity contribution < 1.29 is 14.3 Å². The van der Waals surface area contributed by atoms with Crippen LogP contribution in [0.4, 0.5) is 0 Å². The molecule has 100 valence electrons. The van der Waals surface area contributed by atoms with Crippen LogP contribution in [0.5, 0.6) is 0 Å². The first-order chi connectivity index (χ1) is 8.62. The van der Waals surface area contributed by atoms with Gasteiger partial charge < -0.3 is 14.4 Å². The number of amides is 1. The molecule has 1 aromatic rings. The summed E-state index contributed by atoms with van der Waals surface area (Å²) >= 11 is 5.70. The highest BCUT2D eigenvalue weighted by molar-refractivity contribution is 6.17. The Labute approximate surface area is 112 Å². The molecule has 1 aromatic carbocycles. The van der Waals surface area contributed by atoms with Crippen LogP contribution in [0.3, 0.4) is 0 Å². The monoisotopic (exact) mass is 271 g/mol. The van der Waals surface area contributed by atoms with Gasteiger partial charge in [0.2, 0.25) is 0 Å². The summed E-state index contributed by atoms with van der Waals surface area (Å²) in [6.45, 7) is 0.378. The number of carbonyl (C=O) groups is 1. The SMILES string of the molecule is COC(CN(C)C(=O)c1ccc(CCl)cc1)OC. The number of nitrogens with zero attached hydrogens (tertiary/aromatic N) is 1. The van der Waals surface area contributed by atoms with E-state index in [2.05, 4.69) is 0 Å². The Hall–Kier alpha value is -1.10. The molecule has 0 N–H and O–H groups in total. The maximum Gasteiger partial charge on any atom is 0.253 e. The molecule has 0 atom stereocenters. The quantitative estimate of drug-likeness (QED) is 0.588. The molecule has 0 aliphatic heterocycles. The average molecular weight is 272 g/mol. The number of hydrogen-bond donors (Lipinski definition) is 0.